The van der Waals surface area contributed by atoms with Crippen molar-refractivity contribution in [3.05, 3.63) is 35.6 Å². The van der Waals surface area contributed by atoms with Crippen LogP contribution in [0.15, 0.2) is 24.3 Å². The summed E-state index contributed by atoms with van der Waals surface area (Å²) in [6, 6.07) is 5.20. The topological polar surface area (TPSA) is 79.0 Å². The van der Waals surface area contributed by atoms with Gasteiger partial charge in [-0.2, -0.15) is 0 Å². The Morgan fingerprint density at radius 1 is 1.11 bits per heavy atom. The van der Waals surface area contributed by atoms with Crippen molar-refractivity contribution in [1.82, 2.24) is 15.1 Å². The predicted octanol–water partition coefficient (Wildman–Crippen LogP) is 1.04. The third-order valence-corrected chi connectivity index (χ3v) is 5.28. The summed E-state index contributed by atoms with van der Waals surface area (Å²) >= 11 is 0. The van der Waals surface area contributed by atoms with E-state index >= 15 is 0 Å². The lowest BCUT2D eigenvalue weighted by Crippen LogP contribution is -2.47. The lowest BCUT2D eigenvalue weighted by atomic mass is 10.00. The van der Waals surface area contributed by atoms with Gasteiger partial charge in [0.2, 0.25) is 11.8 Å². The van der Waals surface area contributed by atoms with Gasteiger partial charge in [0, 0.05) is 44.7 Å². The van der Waals surface area contributed by atoms with Gasteiger partial charge in [0.25, 0.3) is 5.91 Å². The fraction of sp³-hybridized carbons (Fsp3) is 0.550. The maximum atomic E-state index is 13.4. The number of hydrogen-bond donors (Lipinski definition) is 1. The van der Waals surface area contributed by atoms with Gasteiger partial charge in [0.1, 0.15) is 5.82 Å². The number of carbonyl (C=O) groups excluding carboxylic acids is 3. The maximum Gasteiger partial charge on any atom is 0.251 e. The molecule has 1 aromatic carbocycles. The molecule has 0 spiro atoms. The van der Waals surface area contributed by atoms with Crippen molar-refractivity contribution in [2.24, 2.45) is 5.92 Å². The number of nitrogens with one attached hydrogen (secondary N) is 1. The van der Waals surface area contributed by atoms with Crippen molar-refractivity contribution in [2.45, 2.75) is 25.8 Å². The summed E-state index contributed by atoms with van der Waals surface area (Å²) in [5.41, 5.74) is 0.236. The monoisotopic (exact) mass is 391 g/mol. The molecular formula is C20H26FN3O4. The first-order chi connectivity index (χ1) is 13.4. The van der Waals surface area contributed by atoms with E-state index in [0.29, 0.717) is 52.2 Å². The van der Waals surface area contributed by atoms with E-state index in [4.69, 9.17) is 4.74 Å². The van der Waals surface area contributed by atoms with Crippen molar-refractivity contribution < 1.29 is 23.5 Å². The largest absolute Gasteiger partial charge is 0.378 e. The molecule has 8 heteroatoms. The Bertz CT molecular complexity index is 736. The van der Waals surface area contributed by atoms with E-state index in [1.54, 1.807) is 15.9 Å². The molecular weight excluding hydrogens is 365 g/mol. The number of nitrogens with zero attached hydrogens (tertiary/aromatic N) is 2. The van der Waals surface area contributed by atoms with Crippen LogP contribution in [0.1, 0.15) is 30.1 Å². The van der Waals surface area contributed by atoms with E-state index in [2.05, 4.69) is 5.32 Å². The Balaban J connectivity index is 1.67. The molecule has 1 N–H and O–H groups in total. The Hall–Kier alpha value is -2.48. The van der Waals surface area contributed by atoms with Gasteiger partial charge in [0.15, 0.2) is 0 Å². The number of benzene rings is 1. The highest BCUT2D eigenvalue weighted by molar-refractivity contribution is 5.94. The van der Waals surface area contributed by atoms with Crippen LogP contribution < -0.4 is 5.32 Å². The molecule has 3 amide bonds. The number of amides is 3. The zero-order chi connectivity index (χ0) is 20.1. The molecule has 0 aliphatic carbocycles. The van der Waals surface area contributed by atoms with Gasteiger partial charge < -0.3 is 19.9 Å². The summed E-state index contributed by atoms with van der Waals surface area (Å²) in [6.45, 7) is 4.33. The normalized spacial score (nSPS) is 23.1. The molecule has 152 valence electrons. The van der Waals surface area contributed by atoms with Crippen LogP contribution in [0.5, 0.6) is 0 Å². The van der Waals surface area contributed by atoms with Crippen LogP contribution in [-0.2, 0) is 14.3 Å². The van der Waals surface area contributed by atoms with Crippen molar-refractivity contribution in [3.63, 3.8) is 0 Å². The van der Waals surface area contributed by atoms with Gasteiger partial charge in [-0.1, -0.05) is 6.07 Å². The van der Waals surface area contributed by atoms with E-state index in [1.165, 1.54) is 25.1 Å². The summed E-state index contributed by atoms with van der Waals surface area (Å²) in [6.07, 6.45) is 1.15. The summed E-state index contributed by atoms with van der Waals surface area (Å²) < 4.78 is 18.7. The zero-order valence-corrected chi connectivity index (χ0v) is 16.0. The summed E-state index contributed by atoms with van der Waals surface area (Å²) in [7, 11) is 0. The number of hydrogen-bond acceptors (Lipinski definition) is 4. The number of likely N-dealkylation sites (tertiary alicyclic amines) is 1. The SMILES string of the molecule is CC(=O)N1C[C@@H](NC(=O)c2cccc(F)c2)CC[C@@H](C(=O)N2CCOCC2)C1. The van der Waals surface area contributed by atoms with Gasteiger partial charge in [-0.3, -0.25) is 14.4 Å². The highest BCUT2D eigenvalue weighted by Gasteiger charge is 2.33. The zero-order valence-electron chi connectivity index (χ0n) is 16.0. The number of rotatable bonds is 3. The summed E-state index contributed by atoms with van der Waals surface area (Å²) in [4.78, 5) is 40.8. The molecule has 2 fully saturated rings. The van der Waals surface area contributed by atoms with Crippen molar-refractivity contribution in [3.8, 4) is 0 Å². The average Bonchev–Trinajstić information content (AvgIpc) is 2.91. The molecule has 2 saturated heterocycles. The molecule has 2 aliphatic rings. The number of halogens is 1. The van der Waals surface area contributed by atoms with Crippen molar-refractivity contribution >= 4 is 17.7 Å². The fourth-order valence-electron chi connectivity index (χ4n) is 3.71. The molecule has 2 atom stereocenters. The number of morpholine rings is 1. The van der Waals surface area contributed by atoms with Gasteiger partial charge >= 0.3 is 0 Å². The van der Waals surface area contributed by atoms with E-state index in [-0.39, 0.29) is 35.2 Å². The lowest BCUT2D eigenvalue weighted by Gasteiger charge is -2.31. The first kappa shape index (κ1) is 20.3. The lowest BCUT2D eigenvalue weighted by molar-refractivity contribution is -0.141. The summed E-state index contributed by atoms with van der Waals surface area (Å²) in [5, 5.41) is 2.88. The Kier molecular flexibility index (Phi) is 6.61. The third-order valence-electron chi connectivity index (χ3n) is 5.28. The molecule has 2 heterocycles. The van der Waals surface area contributed by atoms with E-state index in [1.807, 2.05) is 0 Å². The standard InChI is InChI=1S/C20H26FN3O4/c1-14(25)24-12-16(20(27)23-7-9-28-10-8-23)5-6-18(13-24)22-19(26)15-3-2-4-17(21)11-15/h2-4,11,16,18H,5-10,12-13H2,1H3,(H,22,26)/t16-,18+/m1/s1. The van der Waals surface area contributed by atoms with Crippen LogP contribution in [-0.4, -0.2) is 73.0 Å². The van der Waals surface area contributed by atoms with Crippen LogP contribution >= 0.6 is 0 Å². The van der Waals surface area contributed by atoms with Gasteiger partial charge in [-0.05, 0) is 31.0 Å². The van der Waals surface area contributed by atoms with Crippen molar-refractivity contribution in [1.29, 1.82) is 0 Å². The Morgan fingerprint density at radius 2 is 1.86 bits per heavy atom. The fourth-order valence-corrected chi connectivity index (χ4v) is 3.71. The predicted molar refractivity (Wildman–Crippen MR) is 100 cm³/mol. The average molecular weight is 391 g/mol. The first-order valence-corrected chi connectivity index (χ1v) is 9.62. The number of ether oxygens (including phenoxy) is 1. The van der Waals surface area contributed by atoms with Crippen LogP contribution in [0.25, 0.3) is 0 Å². The smallest absolute Gasteiger partial charge is 0.251 e. The Morgan fingerprint density at radius 3 is 2.54 bits per heavy atom. The van der Waals surface area contributed by atoms with Crippen LogP contribution in [0.4, 0.5) is 4.39 Å². The number of carbonyl (C=O) groups is 3. The molecule has 2 aliphatic heterocycles. The molecule has 28 heavy (non-hydrogen) atoms. The molecule has 7 nitrogen and oxygen atoms in total. The minimum atomic E-state index is -0.477. The minimum absolute atomic E-state index is 0.0339. The highest BCUT2D eigenvalue weighted by Crippen LogP contribution is 2.20. The quantitative estimate of drug-likeness (QED) is 0.835. The second-order valence-corrected chi connectivity index (χ2v) is 7.32. The molecule has 3 rings (SSSR count). The van der Waals surface area contributed by atoms with E-state index < -0.39 is 5.82 Å². The molecule has 0 radical (unpaired) electrons. The first-order valence-electron chi connectivity index (χ1n) is 9.62. The second-order valence-electron chi connectivity index (χ2n) is 7.32. The maximum absolute atomic E-state index is 13.4. The van der Waals surface area contributed by atoms with Crippen molar-refractivity contribution in [2.75, 3.05) is 39.4 Å². The molecule has 0 unspecified atom stereocenters. The Labute approximate surface area is 163 Å². The summed E-state index contributed by atoms with van der Waals surface area (Å²) in [5.74, 6) is -1.25. The van der Waals surface area contributed by atoms with Crippen LogP contribution in [0.2, 0.25) is 0 Å². The van der Waals surface area contributed by atoms with E-state index in [0.717, 1.165) is 0 Å². The minimum Gasteiger partial charge on any atom is -0.378 e. The highest BCUT2D eigenvalue weighted by atomic mass is 19.1. The molecule has 0 aromatic heterocycles. The molecule has 1 aromatic rings. The molecule has 0 saturated carbocycles. The van der Waals surface area contributed by atoms with Gasteiger partial charge in [-0.15, -0.1) is 0 Å². The third kappa shape index (κ3) is 5.07. The molecule has 0 bridgehead atoms. The van der Waals surface area contributed by atoms with Gasteiger partial charge in [0.05, 0.1) is 19.1 Å². The van der Waals surface area contributed by atoms with Gasteiger partial charge in [-0.25, -0.2) is 4.39 Å². The van der Waals surface area contributed by atoms with E-state index in [9.17, 15) is 18.8 Å². The van der Waals surface area contributed by atoms with Crippen LogP contribution in [0.3, 0.4) is 0 Å². The van der Waals surface area contributed by atoms with Crippen LogP contribution in [0, 0.1) is 11.7 Å². The second kappa shape index (κ2) is 9.14.